The predicted molar refractivity (Wildman–Crippen MR) is 246 cm³/mol. The summed E-state index contributed by atoms with van der Waals surface area (Å²) in [5, 5.41) is 0. The van der Waals surface area contributed by atoms with E-state index in [1.165, 1.54) is 0 Å². The Balaban J connectivity index is 8.30. The van der Waals surface area contributed by atoms with Gasteiger partial charge < -0.3 is 37.9 Å². The second kappa shape index (κ2) is 25.8. The minimum Gasteiger partial charge on any atom is -0.466 e. The largest absolute Gasteiger partial charge is 0.466 e. The van der Waals surface area contributed by atoms with Crippen molar-refractivity contribution in [2.75, 3.05) is 52.9 Å². The molecule has 0 aromatic heterocycles. The molecule has 0 radical (unpaired) electrons. The van der Waals surface area contributed by atoms with Gasteiger partial charge in [-0.05, 0) is 169 Å². The first-order valence-electron chi connectivity index (χ1n) is 23.7. The van der Waals surface area contributed by atoms with Crippen molar-refractivity contribution < 1.29 is 76.3 Å². The zero-order valence-electron chi connectivity index (χ0n) is 43.8. The average molecular weight is 943 g/mol. The Labute approximate surface area is 395 Å². The smallest absolute Gasteiger partial charge is 0.311 e. The number of rotatable bonds is 31. The average Bonchev–Trinajstić information content (AvgIpc) is 3.20. The van der Waals surface area contributed by atoms with E-state index in [1.54, 1.807) is 125 Å². The first-order valence-corrected chi connectivity index (χ1v) is 23.7. The maximum absolute atomic E-state index is 14.6. The monoisotopic (exact) mass is 943 g/mol. The van der Waals surface area contributed by atoms with Gasteiger partial charge in [0.15, 0.2) is 0 Å². The predicted octanol–water partition coefficient (Wildman–Crippen LogP) is 8.70. The van der Waals surface area contributed by atoms with Crippen LogP contribution in [0.2, 0.25) is 0 Å². The molecular weight excluding hydrogens is 857 g/mol. The van der Waals surface area contributed by atoms with Crippen LogP contribution in [0.1, 0.15) is 176 Å². The van der Waals surface area contributed by atoms with Crippen molar-refractivity contribution in [2.24, 2.45) is 43.3 Å². The molecule has 0 spiro atoms. The fraction of sp³-hybridized carbons (Fsp3) is 0.840. The molecule has 16 heteroatoms. The van der Waals surface area contributed by atoms with Crippen LogP contribution in [-0.4, -0.2) is 101 Å². The molecule has 0 saturated heterocycles. The number of carbonyl (C=O) groups is 8. The van der Waals surface area contributed by atoms with Crippen LogP contribution in [0, 0.1) is 43.3 Å². The Hall–Kier alpha value is -4.24. The summed E-state index contributed by atoms with van der Waals surface area (Å²) < 4.78 is 44.7. The number of hydrogen-bond acceptors (Lipinski definition) is 16. The summed E-state index contributed by atoms with van der Waals surface area (Å²) in [6.45, 7) is 29.1. The molecule has 7 unspecified atom stereocenters. The SMILES string of the molecule is CCOC(=O)C(C)(C)CC(C)(CC(C)(CC(C)(CC(C)(CC(C)(CC(C)(CC(C)(CC)C(=O)OCC)C(=O)OCC)C(=O)OCC)C(=O)OCC)C(=O)OCC)C(=O)OCC)C(=O)OCC. The third-order valence-electron chi connectivity index (χ3n) is 12.5. The number of ether oxygens (including phenoxy) is 8. The van der Waals surface area contributed by atoms with Crippen LogP contribution in [0.15, 0.2) is 0 Å². The Bertz CT molecular complexity index is 1670. The molecule has 66 heavy (non-hydrogen) atoms. The van der Waals surface area contributed by atoms with E-state index in [1.807, 2.05) is 0 Å². The van der Waals surface area contributed by atoms with Gasteiger partial charge >= 0.3 is 47.8 Å². The Morgan fingerprint density at radius 2 is 0.394 bits per heavy atom. The van der Waals surface area contributed by atoms with Gasteiger partial charge in [-0.1, -0.05) is 6.92 Å². The molecule has 0 aromatic carbocycles. The summed E-state index contributed by atoms with van der Waals surface area (Å²) in [4.78, 5) is 113. The van der Waals surface area contributed by atoms with Crippen molar-refractivity contribution >= 4 is 47.8 Å². The fourth-order valence-corrected chi connectivity index (χ4v) is 10.3. The van der Waals surface area contributed by atoms with Crippen molar-refractivity contribution in [2.45, 2.75) is 176 Å². The summed E-state index contributed by atoms with van der Waals surface area (Å²) in [5.41, 5.74) is -12.4. The Morgan fingerprint density at radius 3 is 0.576 bits per heavy atom. The van der Waals surface area contributed by atoms with Crippen LogP contribution in [0.3, 0.4) is 0 Å². The molecule has 16 nitrogen and oxygen atoms in total. The van der Waals surface area contributed by atoms with Gasteiger partial charge in [0.2, 0.25) is 0 Å². The maximum Gasteiger partial charge on any atom is 0.311 e. The van der Waals surface area contributed by atoms with Crippen LogP contribution >= 0.6 is 0 Å². The molecule has 0 rings (SSSR count). The lowest BCUT2D eigenvalue weighted by molar-refractivity contribution is -0.175. The van der Waals surface area contributed by atoms with E-state index in [9.17, 15) is 38.4 Å². The van der Waals surface area contributed by atoms with E-state index in [0.717, 1.165) is 0 Å². The topological polar surface area (TPSA) is 210 Å². The Kier molecular flexibility index (Phi) is 24.1. The minimum atomic E-state index is -1.75. The zero-order valence-corrected chi connectivity index (χ0v) is 43.8. The zero-order chi connectivity index (χ0) is 51.6. The van der Waals surface area contributed by atoms with Gasteiger partial charge in [0.05, 0.1) is 96.2 Å². The van der Waals surface area contributed by atoms with Gasteiger partial charge in [-0.2, -0.15) is 0 Å². The highest BCUT2D eigenvalue weighted by molar-refractivity contribution is 5.86. The standard InChI is InChI=1S/C50H86O16/c1-19-44(12,36(52)60-21-3)29-46(14,38(54)62-23-5)31-48(16,40(56)64-25-7)33-50(18,42(58)66-27-9)34-49(17,41(57)65-26-8)32-47(15,39(55)63-24-6)30-45(13,37(53)61-22-4)28-43(10,11)35(51)59-20-2/h19-34H2,1-18H3. The molecular formula is C50H86O16. The summed E-state index contributed by atoms with van der Waals surface area (Å²) in [6.07, 6.45) is -1.56. The highest BCUT2D eigenvalue weighted by atomic mass is 16.6. The van der Waals surface area contributed by atoms with E-state index in [0.29, 0.717) is 0 Å². The van der Waals surface area contributed by atoms with Crippen molar-refractivity contribution in [1.29, 1.82) is 0 Å². The molecule has 0 aromatic rings. The van der Waals surface area contributed by atoms with Crippen molar-refractivity contribution in [1.82, 2.24) is 0 Å². The molecule has 0 aliphatic rings. The molecule has 0 aliphatic carbocycles. The molecule has 0 amide bonds. The van der Waals surface area contributed by atoms with E-state index >= 15 is 0 Å². The summed E-state index contributed by atoms with van der Waals surface area (Å²) in [6, 6.07) is 0. The van der Waals surface area contributed by atoms with Crippen LogP contribution in [-0.2, 0) is 76.3 Å². The van der Waals surface area contributed by atoms with Crippen molar-refractivity contribution in [3.63, 3.8) is 0 Å². The van der Waals surface area contributed by atoms with Crippen molar-refractivity contribution in [3.8, 4) is 0 Å². The van der Waals surface area contributed by atoms with E-state index in [4.69, 9.17) is 37.9 Å². The summed E-state index contributed by atoms with van der Waals surface area (Å²) in [7, 11) is 0. The molecule has 0 fully saturated rings. The molecule has 0 bridgehead atoms. The lowest BCUT2D eigenvalue weighted by Gasteiger charge is -2.46. The first kappa shape index (κ1) is 61.8. The van der Waals surface area contributed by atoms with Gasteiger partial charge in [0.25, 0.3) is 0 Å². The highest BCUT2D eigenvalue weighted by Crippen LogP contribution is 2.55. The molecule has 0 saturated carbocycles. The van der Waals surface area contributed by atoms with Gasteiger partial charge in [0.1, 0.15) is 0 Å². The third kappa shape index (κ3) is 16.2. The summed E-state index contributed by atoms with van der Waals surface area (Å²) >= 11 is 0. The van der Waals surface area contributed by atoms with Crippen LogP contribution in [0.5, 0.6) is 0 Å². The van der Waals surface area contributed by atoms with Crippen LogP contribution in [0.25, 0.3) is 0 Å². The number of carbonyl (C=O) groups excluding carboxylic acids is 8. The maximum atomic E-state index is 14.6. The molecule has 382 valence electrons. The van der Waals surface area contributed by atoms with Crippen molar-refractivity contribution in [3.05, 3.63) is 0 Å². The van der Waals surface area contributed by atoms with Gasteiger partial charge in [-0.25, -0.2) is 0 Å². The van der Waals surface area contributed by atoms with E-state index in [2.05, 4.69) is 0 Å². The first-order chi connectivity index (χ1) is 30.4. The molecule has 7 atom stereocenters. The Morgan fingerprint density at radius 1 is 0.242 bits per heavy atom. The number of esters is 8. The normalized spacial score (nSPS) is 18.0. The van der Waals surface area contributed by atoms with Crippen LogP contribution in [0.4, 0.5) is 0 Å². The second-order valence-corrected chi connectivity index (χ2v) is 20.2. The summed E-state index contributed by atoms with van der Waals surface area (Å²) in [5.74, 6) is -5.56. The van der Waals surface area contributed by atoms with Gasteiger partial charge in [-0.3, -0.25) is 38.4 Å². The second-order valence-electron chi connectivity index (χ2n) is 20.2. The molecule has 0 heterocycles. The minimum absolute atomic E-state index is 0.00000656. The van der Waals surface area contributed by atoms with E-state index in [-0.39, 0.29) is 104 Å². The lowest BCUT2D eigenvalue weighted by Crippen LogP contribution is -2.51. The van der Waals surface area contributed by atoms with Crippen LogP contribution < -0.4 is 0 Å². The van der Waals surface area contributed by atoms with E-state index < -0.39 is 91.1 Å². The fourth-order valence-electron chi connectivity index (χ4n) is 10.3. The highest BCUT2D eigenvalue weighted by Gasteiger charge is 2.59. The van der Waals surface area contributed by atoms with Gasteiger partial charge in [0, 0.05) is 0 Å². The molecule has 0 N–H and O–H groups in total. The third-order valence-corrected chi connectivity index (χ3v) is 12.5. The number of hydrogen-bond donors (Lipinski definition) is 0. The quantitative estimate of drug-likeness (QED) is 0.0470. The molecule has 0 aliphatic heterocycles. The lowest BCUT2D eigenvalue weighted by atomic mass is 9.56. The van der Waals surface area contributed by atoms with Gasteiger partial charge in [-0.15, -0.1) is 0 Å².